The van der Waals surface area contributed by atoms with E-state index in [2.05, 4.69) is 15.6 Å². The zero-order valence-electron chi connectivity index (χ0n) is 25.1. The standard InChI is InChI=1S/C35H27F3N8O2/c36-35(37,38)29(39)19-30(47)43-24-9-4-8-23(18-24)34(48)42-20-21-11-13-25(14-12-21)46-32(26-10-5-17-41-31(26)40)45-28-16-15-27(44-33(28)46)22-6-2-1-3-7-22/h1-19H,20,39H2,(H2,40,41)(H,42,48)(H,43,47)/b29-19-. The number of allylic oxidation sites excluding steroid dienone is 1. The average molecular weight is 649 g/mol. The van der Waals surface area contributed by atoms with Crippen molar-refractivity contribution in [1.82, 2.24) is 24.8 Å². The second-order valence-corrected chi connectivity index (χ2v) is 10.6. The molecule has 10 nitrogen and oxygen atoms in total. The normalized spacial score (nSPS) is 11.8. The van der Waals surface area contributed by atoms with Crippen LogP contribution in [0, 0.1) is 0 Å². The number of halogens is 3. The van der Waals surface area contributed by atoms with E-state index in [0.717, 1.165) is 22.5 Å². The van der Waals surface area contributed by atoms with Crippen molar-refractivity contribution < 1.29 is 22.8 Å². The summed E-state index contributed by atoms with van der Waals surface area (Å²) in [6.45, 7) is 0.171. The Hall–Kier alpha value is -6.50. The van der Waals surface area contributed by atoms with Gasteiger partial charge in [0.05, 0.1) is 11.3 Å². The lowest BCUT2D eigenvalue weighted by molar-refractivity contribution is -0.113. The Balaban J connectivity index is 1.23. The van der Waals surface area contributed by atoms with E-state index in [1.165, 1.54) is 24.3 Å². The summed E-state index contributed by atoms with van der Waals surface area (Å²) in [4.78, 5) is 38.9. The predicted octanol–water partition coefficient (Wildman–Crippen LogP) is 6.01. The van der Waals surface area contributed by atoms with Crippen LogP contribution in [0.4, 0.5) is 24.7 Å². The summed E-state index contributed by atoms with van der Waals surface area (Å²) in [7, 11) is 0. The van der Waals surface area contributed by atoms with Gasteiger partial charge in [0.15, 0.2) is 11.5 Å². The number of benzene rings is 3. The number of fused-ring (bicyclic) bond motifs is 1. The van der Waals surface area contributed by atoms with Gasteiger partial charge in [-0.15, -0.1) is 0 Å². The molecule has 3 aromatic carbocycles. The van der Waals surface area contributed by atoms with Crippen LogP contribution in [-0.4, -0.2) is 37.5 Å². The number of hydrogen-bond acceptors (Lipinski definition) is 7. The number of hydrogen-bond donors (Lipinski definition) is 4. The molecule has 240 valence electrons. The third kappa shape index (κ3) is 6.84. The van der Waals surface area contributed by atoms with E-state index in [0.29, 0.717) is 28.4 Å². The van der Waals surface area contributed by atoms with Gasteiger partial charge in [0.25, 0.3) is 5.91 Å². The van der Waals surface area contributed by atoms with Gasteiger partial charge in [0.2, 0.25) is 5.91 Å². The Kier molecular flexibility index (Phi) is 8.58. The van der Waals surface area contributed by atoms with Crippen LogP contribution >= 0.6 is 0 Å². The van der Waals surface area contributed by atoms with Gasteiger partial charge in [-0.2, -0.15) is 13.2 Å². The van der Waals surface area contributed by atoms with Crippen LogP contribution in [0.25, 0.3) is 39.5 Å². The van der Waals surface area contributed by atoms with Crippen LogP contribution < -0.4 is 22.1 Å². The molecule has 0 unspecified atom stereocenters. The molecule has 13 heteroatoms. The highest BCUT2D eigenvalue weighted by molar-refractivity contribution is 6.01. The van der Waals surface area contributed by atoms with Crippen molar-refractivity contribution in [1.29, 1.82) is 0 Å². The fraction of sp³-hybridized carbons (Fsp3) is 0.0571. The summed E-state index contributed by atoms with van der Waals surface area (Å²) < 4.78 is 39.8. The topological polar surface area (TPSA) is 154 Å². The zero-order chi connectivity index (χ0) is 33.8. The van der Waals surface area contributed by atoms with Crippen molar-refractivity contribution in [3.05, 3.63) is 132 Å². The first-order chi connectivity index (χ1) is 23.1. The lowest BCUT2D eigenvalue weighted by Crippen LogP contribution is -2.23. The SMILES string of the molecule is N/C(=C\C(=O)Nc1cccc(C(=O)NCc2ccc(-n3c(-c4cccnc4N)nc4ccc(-c5ccccc5)nc43)cc2)c1)C(F)(F)F. The van der Waals surface area contributed by atoms with Gasteiger partial charge in [0.1, 0.15) is 17.0 Å². The molecule has 48 heavy (non-hydrogen) atoms. The second-order valence-electron chi connectivity index (χ2n) is 10.6. The number of nitrogen functional groups attached to an aromatic ring is 1. The molecule has 0 fully saturated rings. The molecule has 0 saturated carbocycles. The van der Waals surface area contributed by atoms with Crippen LogP contribution in [0.5, 0.6) is 0 Å². The second kappa shape index (κ2) is 13.1. The Morgan fingerprint density at radius 3 is 2.38 bits per heavy atom. The molecule has 2 amide bonds. The molecule has 0 spiro atoms. The molecule has 6 rings (SSSR count). The number of pyridine rings is 2. The largest absolute Gasteiger partial charge is 0.430 e. The van der Waals surface area contributed by atoms with Crippen molar-refractivity contribution in [2.75, 3.05) is 11.1 Å². The minimum absolute atomic E-state index is 0.130. The molecule has 0 aliphatic heterocycles. The van der Waals surface area contributed by atoms with E-state index < -0.39 is 23.7 Å². The molecule has 0 saturated heterocycles. The minimum atomic E-state index is -4.83. The average Bonchev–Trinajstić information content (AvgIpc) is 3.46. The monoisotopic (exact) mass is 648 g/mol. The number of carbonyl (C=O) groups is 2. The lowest BCUT2D eigenvalue weighted by Gasteiger charge is -2.12. The first-order valence-electron chi connectivity index (χ1n) is 14.6. The number of aromatic nitrogens is 4. The van der Waals surface area contributed by atoms with Crippen LogP contribution in [-0.2, 0) is 11.3 Å². The zero-order valence-corrected chi connectivity index (χ0v) is 25.1. The Morgan fingerprint density at radius 1 is 0.875 bits per heavy atom. The fourth-order valence-electron chi connectivity index (χ4n) is 4.95. The number of nitrogens with one attached hydrogen (secondary N) is 2. The molecule has 3 heterocycles. The molecule has 0 aliphatic carbocycles. The lowest BCUT2D eigenvalue weighted by atomic mass is 10.1. The number of imidazole rings is 1. The van der Waals surface area contributed by atoms with Gasteiger partial charge >= 0.3 is 6.18 Å². The number of amides is 2. The van der Waals surface area contributed by atoms with Crippen LogP contribution in [0.3, 0.4) is 0 Å². The molecular formula is C35H27F3N8O2. The van der Waals surface area contributed by atoms with E-state index in [4.69, 9.17) is 21.4 Å². The quantitative estimate of drug-likeness (QED) is 0.148. The van der Waals surface area contributed by atoms with Crippen molar-refractivity contribution in [3.8, 4) is 28.3 Å². The van der Waals surface area contributed by atoms with E-state index >= 15 is 0 Å². The van der Waals surface area contributed by atoms with Gasteiger partial charge in [-0.05, 0) is 60.2 Å². The first-order valence-corrected chi connectivity index (χ1v) is 14.6. The van der Waals surface area contributed by atoms with Gasteiger partial charge in [-0.1, -0.05) is 48.5 Å². The highest BCUT2D eigenvalue weighted by Gasteiger charge is 2.32. The maximum absolute atomic E-state index is 12.9. The van der Waals surface area contributed by atoms with Gasteiger partial charge < -0.3 is 22.1 Å². The Labute approximate surface area is 272 Å². The smallest absolute Gasteiger partial charge is 0.395 e. The fourth-order valence-corrected chi connectivity index (χ4v) is 4.95. The van der Waals surface area contributed by atoms with Gasteiger partial charge in [-0.3, -0.25) is 14.2 Å². The van der Waals surface area contributed by atoms with E-state index in [-0.39, 0.29) is 23.9 Å². The summed E-state index contributed by atoms with van der Waals surface area (Å²) in [6, 6.07) is 30.5. The number of nitrogens with two attached hydrogens (primary N) is 2. The maximum Gasteiger partial charge on any atom is 0.430 e. The van der Waals surface area contributed by atoms with E-state index in [9.17, 15) is 22.8 Å². The summed E-state index contributed by atoms with van der Waals surface area (Å²) in [5.41, 5.74) is 15.2. The summed E-state index contributed by atoms with van der Waals surface area (Å²) >= 11 is 0. The molecule has 0 aliphatic rings. The molecule has 0 bridgehead atoms. The van der Waals surface area contributed by atoms with Gasteiger partial charge in [-0.25, -0.2) is 15.0 Å². The van der Waals surface area contributed by atoms with E-state index in [1.54, 1.807) is 12.3 Å². The Bertz CT molecular complexity index is 2160. The van der Waals surface area contributed by atoms with Crippen molar-refractivity contribution >= 4 is 34.5 Å². The molecule has 0 radical (unpaired) electrons. The van der Waals surface area contributed by atoms with Crippen LogP contribution in [0.1, 0.15) is 15.9 Å². The third-order valence-electron chi connectivity index (χ3n) is 7.31. The van der Waals surface area contributed by atoms with Crippen LogP contribution in [0.2, 0.25) is 0 Å². The number of nitrogens with zero attached hydrogens (tertiary/aromatic N) is 4. The van der Waals surface area contributed by atoms with Crippen molar-refractivity contribution in [3.63, 3.8) is 0 Å². The molecular weight excluding hydrogens is 621 g/mol. The number of alkyl halides is 3. The molecule has 6 aromatic rings. The van der Waals surface area contributed by atoms with Gasteiger partial charge in [0, 0.05) is 41.3 Å². The summed E-state index contributed by atoms with van der Waals surface area (Å²) in [6.07, 6.45) is -2.97. The summed E-state index contributed by atoms with van der Waals surface area (Å²) in [5, 5.41) is 5.09. The van der Waals surface area contributed by atoms with Crippen molar-refractivity contribution in [2.24, 2.45) is 5.73 Å². The number of carbonyl (C=O) groups excluding carboxylic acids is 2. The van der Waals surface area contributed by atoms with Crippen LogP contribution in [0.15, 0.2) is 121 Å². The highest BCUT2D eigenvalue weighted by atomic mass is 19.4. The maximum atomic E-state index is 12.9. The first kappa shape index (κ1) is 31.5. The Morgan fingerprint density at radius 2 is 1.65 bits per heavy atom. The molecule has 0 atom stereocenters. The number of rotatable bonds is 8. The molecule has 3 aromatic heterocycles. The summed E-state index contributed by atoms with van der Waals surface area (Å²) in [5.74, 6) is -0.637. The highest BCUT2D eigenvalue weighted by Crippen LogP contribution is 2.32. The number of anilines is 2. The predicted molar refractivity (Wildman–Crippen MR) is 177 cm³/mol. The minimum Gasteiger partial charge on any atom is -0.395 e. The van der Waals surface area contributed by atoms with Crippen molar-refractivity contribution in [2.45, 2.75) is 12.7 Å². The van der Waals surface area contributed by atoms with E-state index in [1.807, 2.05) is 77.4 Å². The molecule has 6 N–H and O–H groups in total. The third-order valence-corrected chi connectivity index (χ3v) is 7.31.